The number of hydrogen-bond acceptors (Lipinski definition) is 5. The second kappa shape index (κ2) is 7.82. The van der Waals surface area contributed by atoms with Gasteiger partial charge in [-0.15, -0.1) is 0 Å². The zero-order chi connectivity index (χ0) is 19.6. The van der Waals surface area contributed by atoms with Crippen LogP contribution in [0, 0.1) is 5.92 Å². The summed E-state index contributed by atoms with van der Waals surface area (Å²) in [6, 6.07) is 4.56. The number of ether oxygens (including phenoxy) is 1. The Balaban J connectivity index is 1.76. The fraction of sp³-hybridized carbons (Fsp3) is 0.450. The number of phenolic OH excluding ortho intramolecular Hbond substituents is 1. The SMILES string of the molecule is CC(C)C[C@H](NC(=O)/C=C1/CCC(=O)N1)[C@@H]1Cc2cccc(O)c2C(=O)O1. The Bertz CT molecular complexity index is 800. The van der Waals surface area contributed by atoms with E-state index in [9.17, 15) is 19.5 Å². The Hall–Kier alpha value is -2.83. The lowest BCUT2D eigenvalue weighted by molar-refractivity contribution is -0.119. The van der Waals surface area contributed by atoms with Gasteiger partial charge in [-0.1, -0.05) is 26.0 Å². The number of amides is 2. The standard InChI is InChI=1S/C20H24N2O5/c1-11(2)8-14(22-18(25)10-13-6-7-17(24)21-13)16-9-12-4-3-5-15(23)19(12)20(26)27-16/h3-5,10-11,14,16,23H,6-9H2,1-2H3,(H,21,24)(H,22,25)/b13-10-/t14-,16-/m0/s1. The predicted octanol–water partition coefficient (Wildman–Crippen LogP) is 1.80. The van der Waals surface area contributed by atoms with E-state index >= 15 is 0 Å². The van der Waals surface area contributed by atoms with Crippen molar-refractivity contribution in [3.05, 3.63) is 41.1 Å². The number of hydrogen-bond donors (Lipinski definition) is 3. The maximum absolute atomic E-state index is 12.4. The lowest BCUT2D eigenvalue weighted by atomic mass is 9.90. The number of esters is 1. The summed E-state index contributed by atoms with van der Waals surface area (Å²) in [5.74, 6) is -0.815. The van der Waals surface area contributed by atoms with Crippen LogP contribution in [0.2, 0.25) is 0 Å². The third kappa shape index (κ3) is 4.48. The highest BCUT2D eigenvalue weighted by atomic mass is 16.5. The van der Waals surface area contributed by atoms with Crippen molar-refractivity contribution in [1.82, 2.24) is 10.6 Å². The first-order valence-corrected chi connectivity index (χ1v) is 9.16. The number of rotatable bonds is 5. The number of nitrogens with one attached hydrogen (secondary N) is 2. The van der Waals surface area contributed by atoms with Crippen molar-refractivity contribution in [1.29, 1.82) is 0 Å². The first-order chi connectivity index (χ1) is 12.8. The molecule has 0 unspecified atom stereocenters. The maximum atomic E-state index is 12.4. The summed E-state index contributed by atoms with van der Waals surface area (Å²) in [5.41, 5.74) is 1.50. The van der Waals surface area contributed by atoms with Crippen LogP contribution in [0.15, 0.2) is 30.0 Å². The van der Waals surface area contributed by atoms with E-state index in [0.29, 0.717) is 36.9 Å². The normalized spacial score (nSPS) is 21.6. The number of allylic oxidation sites excluding steroid dienone is 1. The van der Waals surface area contributed by atoms with Crippen molar-refractivity contribution < 1.29 is 24.2 Å². The van der Waals surface area contributed by atoms with E-state index in [4.69, 9.17) is 4.74 Å². The second-order valence-corrected chi connectivity index (χ2v) is 7.42. The van der Waals surface area contributed by atoms with Crippen LogP contribution < -0.4 is 10.6 Å². The van der Waals surface area contributed by atoms with Gasteiger partial charge in [0.05, 0.1) is 6.04 Å². The van der Waals surface area contributed by atoms with Gasteiger partial charge in [0.15, 0.2) is 0 Å². The zero-order valence-electron chi connectivity index (χ0n) is 15.5. The minimum atomic E-state index is -0.580. The van der Waals surface area contributed by atoms with Gasteiger partial charge < -0.3 is 20.5 Å². The molecule has 7 heteroatoms. The molecule has 2 aliphatic rings. The molecule has 144 valence electrons. The molecule has 2 aliphatic heterocycles. The van der Waals surface area contributed by atoms with Gasteiger partial charge in [0.2, 0.25) is 11.8 Å². The summed E-state index contributed by atoms with van der Waals surface area (Å²) in [4.78, 5) is 36.0. The molecule has 0 aliphatic carbocycles. The van der Waals surface area contributed by atoms with Crippen LogP contribution >= 0.6 is 0 Å². The van der Waals surface area contributed by atoms with E-state index in [-0.39, 0.29) is 35.1 Å². The van der Waals surface area contributed by atoms with Crippen molar-refractivity contribution in [3.63, 3.8) is 0 Å². The van der Waals surface area contributed by atoms with E-state index in [2.05, 4.69) is 10.6 Å². The number of cyclic esters (lactones) is 1. The molecule has 1 aromatic carbocycles. The Morgan fingerprint density at radius 1 is 1.37 bits per heavy atom. The molecule has 2 atom stereocenters. The zero-order valence-corrected chi connectivity index (χ0v) is 15.5. The highest BCUT2D eigenvalue weighted by Gasteiger charge is 2.34. The predicted molar refractivity (Wildman–Crippen MR) is 97.9 cm³/mol. The number of carbonyl (C=O) groups excluding carboxylic acids is 3. The van der Waals surface area contributed by atoms with Gasteiger partial charge in [-0.25, -0.2) is 4.79 Å². The van der Waals surface area contributed by atoms with Gasteiger partial charge >= 0.3 is 5.97 Å². The molecule has 0 radical (unpaired) electrons. The minimum Gasteiger partial charge on any atom is -0.507 e. The van der Waals surface area contributed by atoms with Crippen LogP contribution in [0.3, 0.4) is 0 Å². The number of aromatic hydroxyl groups is 1. The third-order valence-electron chi connectivity index (χ3n) is 4.74. The van der Waals surface area contributed by atoms with E-state index in [1.807, 2.05) is 13.8 Å². The van der Waals surface area contributed by atoms with Crippen LogP contribution in [0.1, 0.15) is 49.0 Å². The Labute approximate surface area is 157 Å². The van der Waals surface area contributed by atoms with E-state index < -0.39 is 12.1 Å². The highest BCUT2D eigenvalue weighted by Crippen LogP contribution is 2.30. The van der Waals surface area contributed by atoms with Crippen molar-refractivity contribution in [2.45, 2.75) is 51.7 Å². The van der Waals surface area contributed by atoms with Gasteiger partial charge in [-0.05, 0) is 30.4 Å². The molecule has 1 saturated heterocycles. The van der Waals surface area contributed by atoms with Crippen LogP contribution in [0.5, 0.6) is 5.75 Å². The van der Waals surface area contributed by atoms with Crippen molar-refractivity contribution in [3.8, 4) is 5.75 Å². The second-order valence-electron chi connectivity index (χ2n) is 7.42. The summed E-state index contributed by atoms with van der Waals surface area (Å²) in [7, 11) is 0. The number of phenols is 1. The molecule has 2 amide bonds. The molecule has 0 spiro atoms. The third-order valence-corrected chi connectivity index (χ3v) is 4.74. The van der Waals surface area contributed by atoms with E-state index in [1.54, 1.807) is 12.1 Å². The Morgan fingerprint density at radius 2 is 2.15 bits per heavy atom. The Morgan fingerprint density at radius 3 is 2.81 bits per heavy atom. The monoisotopic (exact) mass is 372 g/mol. The molecule has 27 heavy (non-hydrogen) atoms. The number of benzene rings is 1. The summed E-state index contributed by atoms with van der Waals surface area (Å²) >= 11 is 0. The molecule has 0 aromatic heterocycles. The van der Waals surface area contributed by atoms with Crippen LogP contribution in [-0.2, 0) is 20.7 Å². The number of fused-ring (bicyclic) bond motifs is 1. The van der Waals surface area contributed by atoms with E-state index in [1.165, 1.54) is 12.1 Å². The first kappa shape index (κ1) is 18.9. The fourth-order valence-corrected chi connectivity index (χ4v) is 3.53. The average Bonchev–Trinajstić information content (AvgIpc) is 2.98. The molecule has 7 nitrogen and oxygen atoms in total. The first-order valence-electron chi connectivity index (χ1n) is 9.16. The lowest BCUT2D eigenvalue weighted by Crippen LogP contribution is -2.48. The molecule has 3 rings (SSSR count). The molecule has 0 bridgehead atoms. The lowest BCUT2D eigenvalue weighted by Gasteiger charge is -2.32. The molecule has 0 saturated carbocycles. The highest BCUT2D eigenvalue weighted by molar-refractivity contribution is 5.95. The van der Waals surface area contributed by atoms with Gasteiger partial charge in [0.1, 0.15) is 17.4 Å². The summed E-state index contributed by atoms with van der Waals surface area (Å²) in [5, 5.41) is 15.5. The van der Waals surface area contributed by atoms with Gasteiger partial charge in [-0.2, -0.15) is 0 Å². The van der Waals surface area contributed by atoms with Crippen LogP contribution in [0.4, 0.5) is 0 Å². The summed E-state index contributed by atoms with van der Waals surface area (Å²) in [6.45, 7) is 4.05. The fourth-order valence-electron chi connectivity index (χ4n) is 3.53. The van der Waals surface area contributed by atoms with E-state index in [0.717, 1.165) is 0 Å². The molecule has 3 N–H and O–H groups in total. The quantitative estimate of drug-likeness (QED) is 0.540. The van der Waals surface area contributed by atoms with Crippen molar-refractivity contribution in [2.24, 2.45) is 5.92 Å². The molecule has 1 aromatic rings. The van der Waals surface area contributed by atoms with Crippen molar-refractivity contribution >= 4 is 17.8 Å². The minimum absolute atomic E-state index is 0.0922. The van der Waals surface area contributed by atoms with Gasteiger partial charge in [-0.3, -0.25) is 9.59 Å². The maximum Gasteiger partial charge on any atom is 0.342 e. The Kier molecular flexibility index (Phi) is 5.48. The molecular formula is C20H24N2O5. The topological polar surface area (TPSA) is 105 Å². The average molecular weight is 372 g/mol. The molecule has 1 fully saturated rings. The molecular weight excluding hydrogens is 348 g/mol. The smallest absolute Gasteiger partial charge is 0.342 e. The van der Waals surface area contributed by atoms with Gasteiger partial charge in [0.25, 0.3) is 0 Å². The summed E-state index contributed by atoms with van der Waals surface area (Å²) < 4.78 is 5.54. The molecule has 2 heterocycles. The van der Waals surface area contributed by atoms with Crippen LogP contribution in [0.25, 0.3) is 0 Å². The van der Waals surface area contributed by atoms with Gasteiger partial charge in [0, 0.05) is 24.6 Å². The van der Waals surface area contributed by atoms with Crippen LogP contribution in [-0.4, -0.2) is 35.0 Å². The number of carbonyl (C=O) groups is 3. The summed E-state index contributed by atoms with van der Waals surface area (Å²) in [6.07, 6.45) is 2.83. The largest absolute Gasteiger partial charge is 0.507 e. The van der Waals surface area contributed by atoms with Crippen molar-refractivity contribution in [2.75, 3.05) is 0 Å².